The van der Waals surface area contributed by atoms with E-state index in [1.807, 2.05) is 30.3 Å². The lowest BCUT2D eigenvalue weighted by Gasteiger charge is -1.92. The number of amides is 1. The number of hydrogen-bond acceptors (Lipinski definition) is 1. The Bertz CT molecular complexity index is 387. The van der Waals surface area contributed by atoms with Crippen LogP contribution in [0.2, 0.25) is 0 Å². The molecule has 1 aromatic carbocycles. The van der Waals surface area contributed by atoms with E-state index in [1.165, 1.54) is 5.39 Å². The van der Waals surface area contributed by atoms with E-state index in [1.54, 1.807) is 0 Å². The van der Waals surface area contributed by atoms with Crippen LogP contribution in [-0.2, 0) is 11.3 Å². The average molecular weight is 174 g/mol. The second-order valence-corrected chi connectivity index (χ2v) is 2.88. The van der Waals surface area contributed by atoms with Gasteiger partial charge in [-0.05, 0) is 17.5 Å². The molecule has 2 aromatic rings. The third-order valence-corrected chi connectivity index (χ3v) is 1.96. The molecular weight excluding hydrogens is 164 g/mol. The molecule has 0 aliphatic heterocycles. The Kier molecular flexibility index (Phi) is 2.00. The number of H-pyrrole nitrogens is 1. The van der Waals surface area contributed by atoms with Crippen molar-refractivity contribution < 1.29 is 4.79 Å². The quantitative estimate of drug-likeness (QED) is 0.679. The summed E-state index contributed by atoms with van der Waals surface area (Å²) in [7, 11) is 0. The summed E-state index contributed by atoms with van der Waals surface area (Å²) >= 11 is 0. The Morgan fingerprint density at radius 3 is 3.00 bits per heavy atom. The molecule has 0 aliphatic rings. The first-order chi connectivity index (χ1) is 6.40. The Morgan fingerprint density at radius 1 is 1.38 bits per heavy atom. The fraction of sp³-hybridized carbons (Fsp3) is 0.100. The van der Waals surface area contributed by atoms with Gasteiger partial charge in [-0.15, -0.1) is 0 Å². The highest BCUT2D eigenvalue weighted by molar-refractivity contribution is 5.80. The molecule has 1 amide bonds. The van der Waals surface area contributed by atoms with Crippen LogP contribution < -0.4 is 5.32 Å². The van der Waals surface area contributed by atoms with Gasteiger partial charge in [0.2, 0.25) is 6.41 Å². The van der Waals surface area contributed by atoms with Gasteiger partial charge >= 0.3 is 0 Å². The fourth-order valence-corrected chi connectivity index (χ4v) is 1.38. The number of carbonyl (C=O) groups is 1. The monoisotopic (exact) mass is 174 g/mol. The average Bonchev–Trinajstić information content (AvgIpc) is 2.57. The van der Waals surface area contributed by atoms with Gasteiger partial charge in [-0.2, -0.15) is 0 Å². The first-order valence-corrected chi connectivity index (χ1v) is 4.14. The molecule has 0 spiro atoms. The van der Waals surface area contributed by atoms with Gasteiger partial charge < -0.3 is 10.3 Å². The van der Waals surface area contributed by atoms with E-state index in [-0.39, 0.29) is 0 Å². The van der Waals surface area contributed by atoms with E-state index in [4.69, 9.17) is 0 Å². The highest BCUT2D eigenvalue weighted by Crippen LogP contribution is 2.13. The summed E-state index contributed by atoms with van der Waals surface area (Å²) in [4.78, 5) is 13.3. The Balaban J connectivity index is 2.32. The van der Waals surface area contributed by atoms with Crippen molar-refractivity contribution in [2.75, 3.05) is 0 Å². The molecule has 3 nitrogen and oxygen atoms in total. The van der Waals surface area contributed by atoms with Crippen LogP contribution in [0.3, 0.4) is 0 Å². The Morgan fingerprint density at radius 2 is 2.23 bits per heavy atom. The fourth-order valence-electron chi connectivity index (χ4n) is 1.38. The summed E-state index contributed by atoms with van der Waals surface area (Å²) in [6, 6.07) is 10.1. The van der Waals surface area contributed by atoms with Crippen LogP contribution >= 0.6 is 0 Å². The van der Waals surface area contributed by atoms with Gasteiger partial charge in [-0.25, -0.2) is 0 Å². The van der Waals surface area contributed by atoms with Crippen molar-refractivity contribution in [3.8, 4) is 0 Å². The number of aromatic nitrogens is 1. The van der Waals surface area contributed by atoms with E-state index in [0.29, 0.717) is 13.0 Å². The molecule has 0 unspecified atom stereocenters. The minimum absolute atomic E-state index is 0.554. The smallest absolute Gasteiger partial charge is 0.207 e. The predicted molar refractivity (Wildman–Crippen MR) is 51.2 cm³/mol. The Hall–Kier alpha value is -1.77. The summed E-state index contributed by atoms with van der Waals surface area (Å²) in [5, 5.41) is 3.79. The van der Waals surface area contributed by atoms with Gasteiger partial charge in [0.05, 0.1) is 6.54 Å². The molecule has 3 heteroatoms. The second-order valence-electron chi connectivity index (χ2n) is 2.88. The summed E-state index contributed by atoms with van der Waals surface area (Å²) < 4.78 is 0. The number of hydrogen-bond donors (Lipinski definition) is 2. The van der Waals surface area contributed by atoms with Crippen LogP contribution in [0.25, 0.3) is 10.9 Å². The van der Waals surface area contributed by atoms with E-state index in [9.17, 15) is 4.79 Å². The van der Waals surface area contributed by atoms with Crippen molar-refractivity contribution in [1.82, 2.24) is 10.3 Å². The van der Waals surface area contributed by atoms with Gasteiger partial charge in [0.15, 0.2) is 0 Å². The Labute approximate surface area is 75.8 Å². The van der Waals surface area contributed by atoms with Crippen LogP contribution in [0.4, 0.5) is 0 Å². The zero-order valence-electron chi connectivity index (χ0n) is 7.08. The molecule has 1 aromatic heterocycles. The molecule has 0 bridgehead atoms. The normalized spacial score (nSPS) is 10.2. The number of benzene rings is 1. The van der Waals surface area contributed by atoms with Crippen molar-refractivity contribution in [2.24, 2.45) is 0 Å². The number of fused-ring (bicyclic) bond motifs is 1. The third kappa shape index (κ3) is 1.54. The number of carbonyl (C=O) groups excluding carboxylic acids is 1. The van der Waals surface area contributed by atoms with E-state index in [2.05, 4.69) is 10.3 Å². The molecule has 0 atom stereocenters. The maximum absolute atomic E-state index is 10.1. The molecule has 0 saturated heterocycles. The van der Waals surface area contributed by atoms with E-state index < -0.39 is 0 Å². The number of para-hydroxylation sites is 1. The summed E-state index contributed by atoms with van der Waals surface area (Å²) in [6.07, 6.45) is 0.700. The predicted octanol–water partition coefficient (Wildman–Crippen LogP) is 1.41. The molecule has 2 N–H and O–H groups in total. The van der Waals surface area contributed by atoms with Crippen LogP contribution in [0.1, 0.15) is 5.69 Å². The summed E-state index contributed by atoms with van der Waals surface area (Å²) in [5.41, 5.74) is 2.12. The maximum Gasteiger partial charge on any atom is 0.207 e. The van der Waals surface area contributed by atoms with Crippen molar-refractivity contribution in [3.05, 3.63) is 36.0 Å². The standard InChI is InChI=1S/C10H10N2O/c13-7-11-6-9-5-8-3-1-2-4-10(8)12-9/h1-5,7,12H,6H2,(H,11,13). The topological polar surface area (TPSA) is 44.9 Å². The maximum atomic E-state index is 10.1. The summed E-state index contributed by atoms with van der Waals surface area (Å²) in [5.74, 6) is 0. The van der Waals surface area contributed by atoms with E-state index in [0.717, 1.165) is 11.2 Å². The van der Waals surface area contributed by atoms with Crippen LogP contribution in [-0.4, -0.2) is 11.4 Å². The lowest BCUT2D eigenvalue weighted by molar-refractivity contribution is -0.109. The summed E-state index contributed by atoms with van der Waals surface area (Å²) in [6.45, 7) is 0.554. The van der Waals surface area contributed by atoms with Crippen molar-refractivity contribution in [3.63, 3.8) is 0 Å². The molecule has 0 fully saturated rings. The molecule has 0 saturated carbocycles. The first kappa shape index (κ1) is 7.86. The molecular formula is C10H10N2O. The minimum atomic E-state index is 0.554. The minimum Gasteiger partial charge on any atom is -0.357 e. The van der Waals surface area contributed by atoms with Crippen molar-refractivity contribution in [1.29, 1.82) is 0 Å². The lowest BCUT2D eigenvalue weighted by Crippen LogP contribution is -2.09. The van der Waals surface area contributed by atoms with Crippen LogP contribution in [0.15, 0.2) is 30.3 Å². The van der Waals surface area contributed by atoms with Gasteiger partial charge in [0.25, 0.3) is 0 Å². The molecule has 0 aliphatic carbocycles. The number of rotatable bonds is 3. The first-order valence-electron chi connectivity index (χ1n) is 4.14. The number of nitrogens with one attached hydrogen (secondary N) is 2. The lowest BCUT2D eigenvalue weighted by atomic mass is 10.2. The zero-order valence-corrected chi connectivity index (χ0v) is 7.08. The zero-order chi connectivity index (χ0) is 9.10. The van der Waals surface area contributed by atoms with Crippen LogP contribution in [0, 0.1) is 0 Å². The van der Waals surface area contributed by atoms with Gasteiger partial charge in [0.1, 0.15) is 0 Å². The SMILES string of the molecule is O=CNCc1cc2ccccc2[nH]1. The highest BCUT2D eigenvalue weighted by Gasteiger charge is 1.97. The number of aromatic amines is 1. The van der Waals surface area contributed by atoms with Crippen molar-refractivity contribution in [2.45, 2.75) is 6.54 Å². The second kappa shape index (κ2) is 3.31. The van der Waals surface area contributed by atoms with Gasteiger partial charge in [0, 0.05) is 11.2 Å². The molecule has 0 radical (unpaired) electrons. The van der Waals surface area contributed by atoms with Crippen LogP contribution in [0.5, 0.6) is 0 Å². The molecule has 13 heavy (non-hydrogen) atoms. The molecule has 66 valence electrons. The van der Waals surface area contributed by atoms with Gasteiger partial charge in [-0.3, -0.25) is 4.79 Å². The molecule has 2 rings (SSSR count). The highest BCUT2D eigenvalue weighted by atomic mass is 16.1. The van der Waals surface area contributed by atoms with E-state index >= 15 is 0 Å². The van der Waals surface area contributed by atoms with Crippen molar-refractivity contribution >= 4 is 17.3 Å². The largest absolute Gasteiger partial charge is 0.357 e. The third-order valence-electron chi connectivity index (χ3n) is 1.96. The molecule has 1 heterocycles. The van der Waals surface area contributed by atoms with Gasteiger partial charge in [-0.1, -0.05) is 18.2 Å².